The number of anilines is 1. The van der Waals surface area contributed by atoms with Crippen molar-refractivity contribution in [3.63, 3.8) is 0 Å². The maximum Gasteiger partial charge on any atom is 0.227 e. The first-order valence-electron chi connectivity index (χ1n) is 7.54. The normalized spacial score (nSPS) is 21.2. The SMILES string of the molecule is O=C(C[C@@H]1CNCCO1)NC1=NN(c2ccc(Cl)c(Cl)c2)CC1. The third kappa shape index (κ3) is 4.35. The number of hydrogen-bond donors (Lipinski definition) is 2. The van der Waals surface area contributed by atoms with E-state index < -0.39 is 0 Å². The van der Waals surface area contributed by atoms with E-state index in [2.05, 4.69) is 15.7 Å². The van der Waals surface area contributed by atoms with Crippen LogP contribution in [0.5, 0.6) is 0 Å². The number of amides is 1. The number of hydrazone groups is 1. The molecule has 23 heavy (non-hydrogen) atoms. The van der Waals surface area contributed by atoms with Gasteiger partial charge in [0.1, 0.15) is 5.84 Å². The van der Waals surface area contributed by atoms with E-state index in [0.717, 1.165) is 12.2 Å². The number of halogens is 2. The lowest BCUT2D eigenvalue weighted by molar-refractivity contribution is -0.123. The number of carbonyl (C=O) groups is 1. The molecule has 0 unspecified atom stereocenters. The summed E-state index contributed by atoms with van der Waals surface area (Å²) in [6, 6.07) is 5.35. The summed E-state index contributed by atoms with van der Waals surface area (Å²) < 4.78 is 5.53. The minimum atomic E-state index is -0.0755. The van der Waals surface area contributed by atoms with Gasteiger partial charge in [0, 0.05) is 26.1 Å². The lowest BCUT2D eigenvalue weighted by Gasteiger charge is -2.22. The van der Waals surface area contributed by atoms with Gasteiger partial charge in [-0.25, -0.2) is 0 Å². The zero-order valence-corrected chi connectivity index (χ0v) is 14.0. The van der Waals surface area contributed by atoms with Gasteiger partial charge in [-0.15, -0.1) is 0 Å². The van der Waals surface area contributed by atoms with Crippen LogP contribution in [-0.4, -0.2) is 44.1 Å². The molecule has 0 saturated carbocycles. The minimum Gasteiger partial charge on any atom is -0.375 e. The van der Waals surface area contributed by atoms with Gasteiger partial charge in [-0.2, -0.15) is 5.10 Å². The van der Waals surface area contributed by atoms with E-state index >= 15 is 0 Å². The Morgan fingerprint density at radius 3 is 3.04 bits per heavy atom. The van der Waals surface area contributed by atoms with Crippen molar-refractivity contribution in [3.05, 3.63) is 28.2 Å². The molecule has 2 N–H and O–H groups in total. The highest BCUT2D eigenvalue weighted by atomic mass is 35.5. The second-order valence-electron chi connectivity index (χ2n) is 5.47. The molecule has 0 aromatic heterocycles. The molecule has 1 amide bonds. The third-order valence-corrected chi connectivity index (χ3v) is 4.44. The van der Waals surface area contributed by atoms with E-state index in [1.807, 2.05) is 6.07 Å². The predicted molar refractivity (Wildman–Crippen MR) is 91.2 cm³/mol. The number of nitrogens with one attached hydrogen (secondary N) is 2. The number of morpholine rings is 1. The largest absolute Gasteiger partial charge is 0.375 e. The molecule has 1 fully saturated rings. The van der Waals surface area contributed by atoms with Crippen LogP contribution in [0.25, 0.3) is 0 Å². The summed E-state index contributed by atoms with van der Waals surface area (Å²) in [7, 11) is 0. The van der Waals surface area contributed by atoms with E-state index in [4.69, 9.17) is 27.9 Å². The van der Waals surface area contributed by atoms with Gasteiger partial charge in [-0.3, -0.25) is 9.80 Å². The highest BCUT2D eigenvalue weighted by molar-refractivity contribution is 6.42. The average Bonchev–Trinajstić information content (AvgIpc) is 2.99. The Morgan fingerprint density at radius 1 is 1.43 bits per heavy atom. The van der Waals surface area contributed by atoms with Crippen LogP contribution in [-0.2, 0) is 9.53 Å². The summed E-state index contributed by atoms with van der Waals surface area (Å²) >= 11 is 11.9. The fourth-order valence-corrected chi connectivity index (χ4v) is 2.84. The zero-order chi connectivity index (χ0) is 16.2. The van der Waals surface area contributed by atoms with Crippen LogP contribution in [0.15, 0.2) is 23.3 Å². The van der Waals surface area contributed by atoms with Crippen LogP contribution in [0.2, 0.25) is 10.0 Å². The highest BCUT2D eigenvalue weighted by Crippen LogP contribution is 2.28. The van der Waals surface area contributed by atoms with Crippen molar-refractivity contribution in [2.75, 3.05) is 31.3 Å². The van der Waals surface area contributed by atoms with E-state index in [0.29, 0.717) is 48.4 Å². The molecule has 6 nitrogen and oxygen atoms in total. The number of carbonyl (C=O) groups excluding carboxylic acids is 1. The van der Waals surface area contributed by atoms with Crippen molar-refractivity contribution in [2.45, 2.75) is 18.9 Å². The van der Waals surface area contributed by atoms with E-state index in [1.165, 1.54) is 0 Å². The monoisotopic (exact) mass is 356 g/mol. The summed E-state index contributed by atoms with van der Waals surface area (Å²) in [4.78, 5) is 12.1. The lowest BCUT2D eigenvalue weighted by Crippen LogP contribution is -2.42. The Kier molecular flexibility index (Phi) is 5.38. The Labute approximate surface area is 144 Å². The van der Waals surface area contributed by atoms with E-state index in [-0.39, 0.29) is 12.0 Å². The molecule has 0 spiro atoms. The van der Waals surface area contributed by atoms with Crippen LogP contribution >= 0.6 is 23.2 Å². The van der Waals surface area contributed by atoms with Crippen molar-refractivity contribution in [1.29, 1.82) is 0 Å². The van der Waals surface area contributed by atoms with Crippen molar-refractivity contribution in [3.8, 4) is 0 Å². The van der Waals surface area contributed by atoms with Gasteiger partial charge in [0.15, 0.2) is 0 Å². The molecule has 1 atom stereocenters. The molecule has 2 aliphatic heterocycles. The van der Waals surface area contributed by atoms with E-state index in [9.17, 15) is 4.79 Å². The van der Waals surface area contributed by atoms with Crippen molar-refractivity contribution < 1.29 is 9.53 Å². The first-order valence-corrected chi connectivity index (χ1v) is 8.29. The Balaban J connectivity index is 1.56. The number of benzene rings is 1. The average molecular weight is 357 g/mol. The Hall–Kier alpha value is -1.34. The number of ether oxygens (including phenoxy) is 1. The second-order valence-corrected chi connectivity index (χ2v) is 6.28. The number of amidine groups is 1. The lowest BCUT2D eigenvalue weighted by atomic mass is 10.2. The molecule has 0 radical (unpaired) electrons. The van der Waals surface area contributed by atoms with E-state index in [1.54, 1.807) is 17.1 Å². The molecular formula is C15H18Cl2N4O2. The first-order chi connectivity index (χ1) is 11.1. The van der Waals surface area contributed by atoms with Gasteiger partial charge < -0.3 is 15.4 Å². The number of hydrogen-bond acceptors (Lipinski definition) is 5. The number of nitrogens with zero attached hydrogens (tertiary/aromatic N) is 2. The fraction of sp³-hybridized carbons (Fsp3) is 0.467. The fourth-order valence-electron chi connectivity index (χ4n) is 2.55. The van der Waals surface area contributed by atoms with Gasteiger partial charge in [0.2, 0.25) is 5.91 Å². The van der Waals surface area contributed by atoms with Gasteiger partial charge in [-0.05, 0) is 18.2 Å². The first kappa shape index (κ1) is 16.5. The Morgan fingerprint density at radius 2 is 2.30 bits per heavy atom. The van der Waals surface area contributed by atoms with Gasteiger partial charge in [0.05, 0.1) is 34.9 Å². The summed E-state index contributed by atoms with van der Waals surface area (Å²) in [6.45, 7) is 2.87. The van der Waals surface area contributed by atoms with Crippen LogP contribution in [0.4, 0.5) is 5.69 Å². The third-order valence-electron chi connectivity index (χ3n) is 3.70. The van der Waals surface area contributed by atoms with Crippen molar-refractivity contribution >= 4 is 40.6 Å². The maximum atomic E-state index is 12.1. The summed E-state index contributed by atoms with van der Waals surface area (Å²) in [5, 5.41) is 13.3. The van der Waals surface area contributed by atoms with Crippen molar-refractivity contribution in [1.82, 2.24) is 10.6 Å². The van der Waals surface area contributed by atoms with Crippen LogP contribution < -0.4 is 15.6 Å². The second kappa shape index (κ2) is 7.49. The smallest absolute Gasteiger partial charge is 0.227 e. The molecular weight excluding hydrogens is 339 g/mol. The predicted octanol–water partition coefficient (Wildman–Crippen LogP) is 2.01. The quantitative estimate of drug-likeness (QED) is 0.869. The molecule has 2 aliphatic rings. The van der Waals surface area contributed by atoms with Gasteiger partial charge in [-0.1, -0.05) is 23.2 Å². The van der Waals surface area contributed by atoms with Gasteiger partial charge in [0.25, 0.3) is 0 Å². The van der Waals surface area contributed by atoms with Crippen LogP contribution in [0, 0.1) is 0 Å². The topological polar surface area (TPSA) is 66.0 Å². The molecule has 1 aromatic rings. The molecule has 0 aliphatic carbocycles. The number of rotatable bonds is 3. The van der Waals surface area contributed by atoms with Crippen LogP contribution in [0.1, 0.15) is 12.8 Å². The zero-order valence-electron chi connectivity index (χ0n) is 12.5. The van der Waals surface area contributed by atoms with Gasteiger partial charge >= 0.3 is 0 Å². The van der Waals surface area contributed by atoms with Crippen molar-refractivity contribution in [2.24, 2.45) is 5.10 Å². The summed E-state index contributed by atoms with van der Waals surface area (Å²) in [5.74, 6) is 0.582. The molecule has 2 heterocycles. The molecule has 3 rings (SSSR count). The minimum absolute atomic E-state index is 0.0723. The summed E-state index contributed by atoms with van der Waals surface area (Å²) in [6.07, 6.45) is 0.936. The standard InChI is InChI=1S/C15H18Cl2N4O2/c16-12-2-1-10(7-13(12)17)21-5-3-14(20-21)19-15(22)8-11-9-18-4-6-23-11/h1-2,7,11,18H,3-6,8-9H2,(H,19,20,22)/t11-/m1/s1. The van der Waals surface area contributed by atoms with Crippen LogP contribution in [0.3, 0.4) is 0 Å². The molecule has 8 heteroatoms. The highest BCUT2D eigenvalue weighted by Gasteiger charge is 2.21. The molecule has 0 bridgehead atoms. The summed E-state index contributed by atoms with van der Waals surface area (Å²) in [5.41, 5.74) is 0.850. The molecule has 1 aromatic carbocycles. The molecule has 1 saturated heterocycles. The Bertz CT molecular complexity index is 617. The maximum absolute atomic E-state index is 12.1. The molecule has 124 valence electrons.